The minimum atomic E-state index is 0.529. The average Bonchev–Trinajstić information content (AvgIpc) is 3.52. The molecule has 8 nitrogen and oxygen atoms in total. The maximum absolute atomic E-state index is 6.83. The van der Waals surface area contributed by atoms with Gasteiger partial charge in [-0.15, -0.1) is 11.3 Å². The Bertz CT molecular complexity index is 1550. The molecule has 3 aromatic heterocycles. The molecule has 0 fully saturated rings. The van der Waals surface area contributed by atoms with Gasteiger partial charge in [-0.1, -0.05) is 35.9 Å². The van der Waals surface area contributed by atoms with Crippen LogP contribution in [0.3, 0.4) is 0 Å². The Hall–Kier alpha value is -3.66. The molecule has 10 heteroatoms. The van der Waals surface area contributed by atoms with Crippen molar-refractivity contribution in [1.82, 2.24) is 19.5 Å². The molecule has 0 unspecified atom stereocenters. The van der Waals surface area contributed by atoms with Crippen LogP contribution in [0.1, 0.15) is 0 Å². The lowest BCUT2D eigenvalue weighted by molar-refractivity contribution is 0.210. The van der Waals surface area contributed by atoms with Crippen LogP contribution < -0.4 is 14.8 Å². The number of methoxy groups -OCH3 is 3. The zero-order valence-electron chi connectivity index (χ0n) is 20.9. The van der Waals surface area contributed by atoms with Gasteiger partial charge in [0.25, 0.3) is 0 Å². The number of benzene rings is 2. The predicted molar refractivity (Wildman–Crippen MR) is 149 cm³/mol. The number of rotatable bonds is 9. The molecule has 1 N–H and O–H groups in total. The van der Waals surface area contributed by atoms with Crippen molar-refractivity contribution in [3.63, 3.8) is 0 Å². The molecule has 0 aliphatic carbocycles. The first-order valence-electron chi connectivity index (χ1n) is 11.6. The number of aryl methyl sites for hydroxylation is 1. The van der Waals surface area contributed by atoms with Crippen LogP contribution in [0.5, 0.6) is 11.5 Å². The van der Waals surface area contributed by atoms with Crippen LogP contribution in [0.2, 0.25) is 5.02 Å². The minimum Gasteiger partial charge on any atom is -0.497 e. The van der Waals surface area contributed by atoms with E-state index in [1.54, 1.807) is 39.0 Å². The van der Waals surface area contributed by atoms with Crippen molar-refractivity contribution in [3.8, 4) is 44.6 Å². The highest BCUT2D eigenvalue weighted by atomic mass is 35.5. The van der Waals surface area contributed by atoms with Gasteiger partial charge in [-0.3, -0.25) is 0 Å². The van der Waals surface area contributed by atoms with Crippen molar-refractivity contribution in [2.75, 3.05) is 39.8 Å². The van der Waals surface area contributed by atoms with Crippen molar-refractivity contribution in [3.05, 3.63) is 60.0 Å². The Balaban J connectivity index is 1.82. The molecule has 3 heterocycles. The van der Waals surface area contributed by atoms with Crippen LogP contribution in [0.4, 0.5) is 5.82 Å². The van der Waals surface area contributed by atoms with Crippen LogP contribution >= 0.6 is 22.9 Å². The lowest BCUT2D eigenvalue weighted by atomic mass is 9.99. The molecule has 2 aromatic carbocycles. The number of ether oxygens (including phenoxy) is 3. The second kappa shape index (κ2) is 10.8. The van der Waals surface area contributed by atoms with E-state index in [1.165, 1.54) is 0 Å². The predicted octanol–water partition coefficient (Wildman–Crippen LogP) is 6.15. The Labute approximate surface area is 223 Å². The summed E-state index contributed by atoms with van der Waals surface area (Å²) in [5.41, 5.74) is 3.52. The van der Waals surface area contributed by atoms with Crippen molar-refractivity contribution in [2.45, 2.75) is 0 Å². The number of hydrogen-bond donors (Lipinski definition) is 1. The smallest absolute Gasteiger partial charge is 0.183 e. The van der Waals surface area contributed by atoms with Crippen LogP contribution in [0.25, 0.3) is 43.3 Å². The summed E-state index contributed by atoms with van der Waals surface area (Å²) in [5.74, 6) is 2.63. The van der Waals surface area contributed by atoms with Crippen molar-refractivity contribution in [1.29, 1.82) is 0 Å². The molecular formula is C27H26ClN5O3S. The second-order valence-corrected chi connectivity index (χ2v) is 9.65. The third-order valence-corrected chi connectivity index (χ3v) is 7.40. The van der Waals surface area contributed by atoms with Crippen LogP contribution in [-0.2, 0) is 11.8 Å². The van der Waals surface area contributed by atoms with Gasteiger partial charge in [0.15, 0.2) is 5.82 Å². The normalized spacial score (nSPS) is 11.2. The molecule has 5 rings (SSSR count). The molecule has 0 amide bonds. The van der Waals surface area contributed by atoms with Crippen molar-refractivity contribution >= 4 is 39.0 Å². The third kappa shape index (κ3) is 4.85. The number of halogens is 1. The Morgan fingerprint density at radius 2 is 1.84 bits per heavy atom. The molecule has 0 aliphatic rings. The van der Waals surface area contributed by atoms with Crippen molar-refractivity contribution < 1.29 is 14.2 Å². The average molecular weight is 536 g/mol. The number of nitrogens with zero attached hydrogens (tertiary/aromatic N) is 4. The van der Waals surface area contributed by atoms with E-state index >= 15 is 0 Å². The standard InChI is InChI=1S/C27H26ClN5O3S/c1-33-14-19(30-15-33)25-31-26(29-12-13-34-2)22-21(16-8-10-17(35-3)11-9-16)24(37-27(22)32-25)18-6-5-7-20(36-4)23(18)28/h5-11,14-15H,12-13H2,1-4H3,(H,29,31,32). The summed E-state index contributed by atoms with van der Waals surface area (Å²) in [6.45, 7) is 1.11. The van der Waals surface area contributed by atoms with Gasteiger partial charge in [0.1, 0.15) is 27.8 Å². The van der Waals surface area contributed by atoms with E-state index in [-0.39, 0.29) is 0 Å². The molecule has 5 aromatic rings. The maximum atomic E-state index is 6.83. The first-order chi connectivity index (χ1) is 18.0. The van der Waals surface area contributed by atoms with Gasteiger partial charge in [0.2, 0.25) is 0 Å². The molecule has 0 spiro atoms. The fraction of sp³-hybridized carbons (Fsp3) is 0.222. The summed E-state index contributed by atoms with van der Waals surface area (Å²) in [4.78, 5) is 16.1. The molecule has 0 aliphatic heterocycles. The highest BCUT2D eigenvalue weighted by Gasteiger charge is 2.24. The van der Waals surface area contributed by atoms with E-state index in [9.17, 15) is 0 Å². The lowest BCUT2D eigenvalue weighted by Crippen LogP contribution is -2.10. The highest BCUT2D eigenvalue weighted by Crippen LogP contribution is 2.49. The zero-order chi connectivity index (χ0) is 25.9. The fourth-order valence-corrected chi connectivity index (χ4v) is 5.69. The van der Waals surface area contributed by atoms with E-state index < -0.39 is 0 Å². The fourth-order valence-electron chi connectivity index (χ4n) is 4.11. The van der Waals surface area contributed by atoms with E-state index in [0.29, 0.717) is 41.3 Å². The Kier molecular flexibility index (Phi) is 7.27. The van der Waals surface area contributed by atoms with Crippen LogP contribution in [0.15, 0.2) is 55.0 Å². The molecule has 0 saturated carbocycles. The summed E-state index contributed by atoms with van der Waals surface area (Å²) in [5, 5.41) is 4.90. The second-order valence-electron chi connectivity index (χ2n) is 8.28. The lowest BCUT2D eigenvalue weighted by Gasteiger charge is -2.12. The van der Waals surface area contributed by atoms with E-state index in [4.69, 9.17) is 35.8 Å². The van der Waals surface area contributed by atoms with Crippen LogP contribution in [-0.4, -0.2) is 54.0 Å². The van der Waals surface area contributed by atoms with E-state index in [2.05, 4.69) is 10.3 Å². The third-order valence-electron chi connectivity index (χ3n) is 5.89. The van der Waals surface area contributed by atoms with Gasteiger partial charge >= 0.3 is 0 Å². The summed E-state index contributed by atoms with van der Waals surface area (Å²) < 4.78 is 18.1. The molecule has 0 radical (unpaired) electrons. The maximum Gasteiger partial charge on any atom is 0.183 e. The summed E-state index contributed by atoms with van der Waals surface area (Å²) in [6, 6.07) is 13.7. The molecule has 190 valence electrons. The highest BCUT2D eigenvalue weighted by molar-refractivity contribution is 7.22. The van der Waals surface area contributed by atoms with Gasteiger partial charge in [0.05, 0.1) is 37.6 Å². The quantitative estimate of drug-likeness (QED) is 0.226. The van der Waals surface area contributed by atoms with E-state index in [0.717, 1.165) is 37.5 Å². The molecule has 0 bridgehead atoms. The number of thiophene rings is 1. The van der Waals surface area contributed by atoms with Crippen molar-refractivity contribution in [2.24, 2.45) is 7.05 Å². The SMILES string of the molecule is COCCNc1nc(-c2cn(C)cn2)nc2sc(-c3cccc(OC)c3Cl)c(-c3ccc(OC)cc3)c12. The topological polar surface area (TPSA) is 83.3 Å². The van der Waals surface area contributed by atoms with Gasteiger partial charge in [-0.05, 0) is 23.8 Å². The van der Waals surface area contributed by atoms with Gasteiger partial charge in [-0.25, -0.2) is 15.0 Å². The van der Waals surface area contributed by atoms with Crippen LogP contribution in [0, 0.1) is 0 Å². The minimum absolute atomic E-state index is 0.529. The summed E-state index contributed by atoms with van der Waals surface area (Å²) in [7, 11) is 6.86. The number of anilines is 1. The molecule has 0 saturated heterocycles. The zero-order valence-corrected chi connectivity index (χ0v) is 22.5. The Morgan fingerprint density at radius 1 is 1.03 bits per heavy atom. The van der Waals surface area contributed by atoms with Gasteiger partial charge in [-0.2, -0.15) is 0 Å². The van der Waals surface area contributed by atoms with Gasteiger partial charge in [0, 0.05) is 42.9 Å². The molecular weight excluding hydrogens is 510 g/mol. The summed E-state index contributed by atoms with van der Waals surface area (Å²) in [6.07, 6.45) is 3.64. The largest absolute Gasteiger partial charge is 0.497 e. The molecule has 0 atom stereocenters. The summed E-state index contributed by atoms with van der Waals surface area (Å²) >= 11 is 8.39. The first-order valence-corrected chi connectivity index (χ1v) is 12.8. The van der Waals surface area contributed by atoms with E-state index in [1.807, 2.05) is 60.3 Å². The first kappa shape index (κ1) is 25.0. The number of fused-ring (bicyclic) bond motifs is 1. The Morgan fingerprint density at radius 3 is 2.51 bits per heavy atom. The number of imidazole rings is 1. The number of aromatic nitrogens is 4. The number of nitrogens with one attached hydrogen (secondary N) is 1. The number of hydrogen-bond acceptors (Lipinski definition) is 8. The van der Waals surface area contributed by atoms with Gasteiger partial charge < -0.3 is 24.1 Å². The molecule has 37 heavy (non-hydrogen) atoms. The monoisotopic (exact) mass is 535 g/mol.